The molecule has 1 saturated carbocycles. The Morgan fingerprint density at radius 1 is 1.24 bits per heavy atom. The number of nitrogens with zero attached hydrogens (tertiary/aromatic N) is 3. The van der Waals surface area contributed by atoms with Crippen LogP contribution < -0.4 is 5.73 Å². The van der Waals surface area contributed by atoms with Crippen LogP contribution >= 0.6 is 0 Å². The minimum Gasteiger partial charge on any atom is -0.329 e. The largest absolute Gasteiger partial charge is 0.329 e. The number of piperidine rings is 1. The highest BCUT2D eigenvalue weighted by Crippen LogP contribution is 2.41. The van der Waals surface area contributed by atoms with Gasteiger partial charge >= 0.3 is 0 Å². The predicted molar refractivity (Wildman–Crippen MR) is 83.2 cm³/mol. The minimum absolute atomic E-state index is 0.317. The first-order valence-electron chi connectivity index (χ1n) is 7.91. The molecule has 1 aromatic heterocycles. The van der Waals surface area contributed by atoms with Crippen LogP contribution in [0.4, 0.5) is 0 Å². The third-order valence-electron chi connectivity index (χ3n) is 5.08. The Bertz CT molecular complexity index is 606. The van der Waals surface area contributed by atoms with Gasteiger partial charge in [0.25, 0.3) is 0 Å². The van der Waals surface area contributed by atoms with Crippen LogP contribution in [-0.2, 0) is 0 Å². The number of likely N-dealkylation sites (tertiary alicyclic amines) is 1. The van der Waals surface area contributed by atoms with Crippen molar-refractivity contribution in [2.75, 3.05) is 13.1 Å². The molecule has 1 aromatic carbocycles. The summed E-state index contributed by atoms with van der Waals surface area (Å²) in [5.41, 5.74) is 8.43. The number of aromatic nitrogens is 2. The Morgan fingerprint density at radius 2 is 2.10 bits per heavy atom. The predicted octanol–water partition coefficient (Wildman–Crippen LogP) is 2.36. The maximum atomic E-state index is 6.09. The lowest BCUT2D eigenvalue weighted by Gasteiger charge is -2.33. The second kappa shape index (κ2) is 5.28. The summed E-state index contributed by atoms with van der Waals surface area (Å²) in [7, 11) is 0. The van der Waals surface area contributed by atoms with Crippen molar-refractivity contribution in [2.24, 2.45) is 11.7 Å². The first-order valence-corrected chi connectivity index (χ1v) is 7.91. The van der Waals surface area contributed by atoms with Gasteiger partial charge in [-0.25, -0.2) is 4.68 Å². The van der Waals surface area contributed by atoms with E-state index in [4.69, 9.17) is 5.73 Å². The van der Waals surface area contributed by atoms with Gasteiger partial charge in [-0.15, -0.1) is 0 Å². The molecule has 0 amide bonds. The van der Waals surface area contributed by atoms with Gasteiger partial charge in [0.1, 0.15) is 0 Å². The smallest absolute Gasteiger partial charge is 0.0645 e. The van der Waals surface area contributed by atoms with E-state index < -0.39 is 0 Å². The van der Waals surface area contributed by atoms with Crippen LogP contribution in [0.2, 0.25) is 0 Å². The normalized spacial score (nSPS) is 26.3. The van der Waals surface area contributed by atoms with Crippen LogP contribution in [0.5, 0.6) is 0 Å². The van der Waals surface area contributed by atoms with Crippen LogP contribution in [0, 0.1) is 5.92 Å². The Hall–Kier alpha value is -1.65. The summed E-state index contributed by atoms with van der Waals surface area (Å²) in [6.07, 6.45) is 8.23. The Morgan fingerprint density at radius 3 is 2.76 bits per heavy atom. The molecule has 2 aromatic rings. The van der Waals surface area contributed by atoms with Crippen LogP contribution in [0.25, 0.3) is 5.69 Å². The molecule has 1 aliphatic carbocycles. The number of hydrogen-bond donors (Lipinski definition) is 1. The monoisotopic (exact) mass is 282 g/mol. The summed E-state index contributed by atoms with van der Waals surface area (Å²) in [5.74, 6) is 0.896. The van der Waals surface area contributed by atoms with E-state index in [1.165, 1.54) is 31.4 Å². The van der Waals surface area contributed by atoms with Crippen molar-refractivity contribution >= 4 is 0 Å². The molecule has 4 rings (SSSR count). The molecule has 2 heterocycles. The first kappa shape index (κ1) is 13.0. The van der Waals surface area contributed by atoms with E-state index in [0.29, 0.717) is 12.6 Å². The van der Waals surface area contributed by atoms with Crippen LogP contribution in [-0.4, -0.2) is 33.8 Å². The maximum absolute atomic E-state index is 6.09. The molecule has 21 heavy (non-hydrogen) atoms. The first-order chi connectivity index (χ1) is 10.3. The van der Waals surface area contributed by atoms with Crippen LogP contribution in [0.1, 0.15) is 30.9 Å². The van der Waals surface area contributed by atoms with Crippen molar-refractivity contribution in [3.05, 3.63) is 48.3 Å². The number of fused-ring (bicyclic) bond motifs is 2. The van der Waals surface area contributed by atoms with E-state index >= 15 is 0 Å². The molecule has 1 saturated heterocycles. The van der Waals surface area contributed by atoms with Gasteiger partial charge in [-0.05, 0) is 37.3 Å². The molecular weight excluding hydrogens is 260 g/mol. The molecule has 2 aliphatic rings. The minimum atomic E-state index is 0.317. The summed E-state index contributed by atoms with van der Waals surface area (Å²) in [6.45, 7) is 1.88. The molecule has 0 spiro atoms. The summed E-state index contributed by atoms with van der Waals surface area (Å²) in [6, 6.07) is 11.3. The fourth-order valence-corrected chi connectivity index (χ4v) is 4.04. The average molecular weight is 282 g/mol. The molecule has 3 atom stereocenters. The van der Waals surface area contributed by atoms with Gasteiger partial charge in [-0.3, -0.25) is 4.90 Å². The topological polar surface area (TPSA) is 47.1 Å². The second-order valence-corrected chi connectivity index (χ2v) is 6.33. The summed E-state index contributed by atoms with van der Waals surface area (Å²) >= 11 is 0. The van der Waals surface area contributed by atoms with E-state index in [9.17, 15) is 0 Å². The standard InChI is InChI=1S/C17H22N4/c18-9-17(20-11-13-6-7-16(20)8-13)14-10-19-21(12-14)15-4-2-1-3-5-15/h1-5,10,12-13,16-17H,6-9,11,18H2. The summed E-state index contributed by atoms with van der Waals surface area (Å²) < 4.78 is 1.95. The highest BCUT2D eigenvalue weighted by atomic mass is 15.3. The zero-order chi connectivity index (χ0) is 14.2. The van der Waals surface area contributed by atoms with E-state index in [0.717, 1.165) is 17.6 Å². The number of benzene rings is 1. The SMILES string of the molecule is NCC(c1cnn(-c2ccccc2)c1)N1CC2CCC1C2. The lowest BCUT2D eigenvalue weighted by atomic mass is 10.0. The van der Waals surface area contributed by atoms with Gasteiger partial charge in [0, 0.05) is 30.9 Å². The quantitative estimate of drug-likeness (QED) is 0.936. The van der Waals surface area contributed by atoms with Crippen molar-refractivity contribution < 1.29 is 0 Å². The number of rotatable bonds is 4. The molecule has 2 N–H and O–H groups in total. The second-order valence-electron chi connectivity index (χ2n) is 6.33. The molecule has 0 radical (unpaired) electrons. The molecule has 3 unspecified atom stereocenters. The third-order valence-corrected chi connectivity index (χ3v) is 5.08. The van der Waals surface area contributed by atoms with Crippen molar-refractivity contribution in [1.82, 2.24) is 14.7 Å². The Labute approximate surface area is 125 Å². The average Bonchev–Trinajstić information content (AvgIpc) is 3.25. The molecule has 4 nitrogen and oxygen atoms in total. The molecule has 4 heteroatoms. The molecule has 2 fully saturated rings. The zero-order valence-corrected chi connectivity index (χ0v) is 12.2. The molecule has 110 valence electrons. The van der Waals surface area contributed by atoms with Crippen molar-refractivity contribution in [2.45, 2.75) is 31.3 Å². The van der Waals surface area contributed by atoms with Gasteiger partial charge in [-0.2, -0.15) is 5.10 Å². The Kier molecular flexibility index (Phi) is 3.28. The lowest BCUT2D eigenvalue weighted by molar-refractivity contribution is 0.153. The summed E-state index contributed by atoms with van der Waals surface area (Å²) in [5, 5.41) is 4.52. The maximum Gasteiger partial charge on any atom is 0.0645 e. The molecule has 2 bridgehead atoms. The number of hydrogen-bond acceptors (Lipinski definition) is 3. The van der Waals surface area contributed by atoms with Crippen molar-refractivity contribution in [1.29, 1.82) is 0 Å². The van der Waals surface area contributed by atoms with Crippen LogP contribution in [0.15, 0.2) is 42.7 Å². The zero-order valence-electron chi connectivity index (χ0n) is 12.2. The van der Waals surface area contributed by atoms with Gasteiger partial charge < -0.3 is 5.73 Å². The molecular formula is C17H22N4. The van der Waals surface area contributed by atoms with E-state index in [1.54, 1.807) is 0 Å². The number of para-hydroxylation sites is 1. The van der Waals surface area contributed by atoms with Crippen molar-refractivity contribution in [3.8, 4) is 5.69 Å². The van der Waals surface area contributed by atoms with Gasteiger partial charge in [0.2, 0.25) is 0 Å². The third kappa shape index (κ3) is 2.28. The van der Waals surface area contributed by atoms with Gasteiger partial charge in [0.15, 0.2) is 0 Å². The van der Waals surface area contributed by atoms with Crippen molar-refractivity contribution in [3.63, 3.8) is 0 Å². The fraction of sp³-hybridized carbons (Fsp3) is 0.471. The van der Waals surface area contributed by atoms with Gasteiger partial charge in [0.05, 0.1) is 17.9 Å². The Balaban J connectivity index is 1.59. The summed E-state index contributed by atoms with van der Waals surface area (Å²) in [4.78, 5) is 2.61. The van der Waals surface area contributed by atoms with Gasteiger partial charge in [-0.1, -0.05) is 18.2 Å². The van der Waals surface area contributed by atoms with E-state index in [-0.39, 0.29) is 0 Å². The van der Waals surface area contributed by atoms with E-state index in [1.807, 2.05) is 29.1 Å². The van der Waals surface area contributed by atoms with Crippen LogP contribution in [0.3, 0.4) is 0 Å². The lowest BCUT2D eigenvalue weighted by Crippen LogP contribution is -2.39. The van der Waals surface area contributed by atoms with E-state index in [2.05, 4.69) is 28.3 Å². The highest BCUT2D eigenvalue weighted by molar-refractivity contribution is 5.31. The molecule has 1 aliphatic heterocycles. The highest BCUT2D eigenvalue weighted by Gasteiger charge is 2.41. The fourth-order valence-electron chi connectivity index (χ4n) is 4.04. The number of nitrogens with two attached hydrogens (primary N) is 1.